The van der Waals surface area contributed by atoms with Crippen molar-refractivity contribution in [3.8, 4) is 0 Å². The largest absolute Gasteiger partial charge is 0.352 e. The van der Waals surface area contributed by atoms with E-state index >= 15 is 0 Å². The van der Waals surface area contributed by atoms with Crippen molar-refractivity contribution in [3.05, 3.63) is 17.6 Å². The summed E-state index contributed by atoms with van der Waals surface area (Å²) in [5, 5.41) is 3.56. The summed E-state index contributed by atoms with van der Waals surface area (Å²) in [6.07, 6.45) is 9.37. The monoisotopic (exact) mass is 258 g/mol. The maximum atomic E-state index is 4.66. The summed E-state index contributed by atoms with van der Waals surface area (Å²) in [7, 11) is 0. The molecule has 4 heteroatoms. The molecule has 2 saturated heterocycles. The molecular weight excluding hydrogens is 236 g/mol. The third kappa shape index (κ3) is 1.93. The van der Waals surface area contributed by atoms with Crippen molar-refractivity contribution in [1.82, 2.24) is 15.3 Å². The second kappa shape index (κ2) is 4.75. The van der Waals surface area contributed by atoms with Crippen molar-refractivity contribution in [2.75, 3.05) is 24.5 Å². The highest BCUT2D eigenvalue weighted by atomic mass is 15.3. The Morgan fingerprint density at radius 2 is 2.05 bits per heavy atom. The van der Waals surface area contributed by atoms with E-state index in [0.717, 1.165) is 18.9 Å². The average Bonchev–Trinajstić information content (AvgIpc) is 2.95. The van der Waals surface area contributed by atoms with Crippen LogP contribution in [-0.4, -0.2) is 35.6 Å². The number of nitrogens with zero attached hydrogens (tertiary/aromatic N) is 3. The van der Waals surface area contributed by atoms with Gasteiger partial charge in [-0.05, 0) is 44.4 Å². The maximum Gasteiger partial charge on any atom is 0.135 e. The van der Waals surface area contributed by atoms with E-state index in [1.807, 2.05) is 0 Å². The van der Waals surface area contributed by atoms with Gasteiger partial charge in [-0.15, -0.1) is 0 Å². The second-order valence-electron chi connectivity index (χ2n) is 6.15. The van der Waals surface area contributed by atoms with E-state index in [2.05, 4.69) is 20.2 Å². The molecule has 0 radical (unpaired) electrons. The summed E-state index contributed by atoms with van der Waals surface area (Å²) in [6, 6.07) is 0.662. The lowest BCUT2D eigenvalue weighted by Crippen LogP contribution is -2.46. The Balaban J connectivity index is 1.71. The van der Waals surface area contributed by atoms with Crippen LogP contribution in [0, 0.1) is 5.92 Å². The van der Waals surface area contributed by atoms with Gasteiger partial charge >= 0.3 is 0 Å². The van der Waals surface area contributed by atoms with E-state index in [1.54, 1.807) is 6.33 Å². The van der Waals surface area contributed by atoms with Gasteiger partial charge in [0.1, 0.15) is 12.1 Å². The second-order valence-corrected chi connectivity index (χ2v) is 6.15. The molecule has 0 aromatic carbocycles. The normalized spacial score (nSPS) is 30.0. The molecule has 0 bridgehead atoms. The zero-order chi connectivity index (χ0) is 12.7. The van der Waals surface area contributed by atoms with Gasteiger partial charge < -0.3 is 10.2 Å². The van der Waals surface area contributed by atoms with Crippen LogP contribution >= 0.6 is 0 Å². The van der Waals surface area contributed by atoms with Crippen molar-refractivity contribution in [2.45, 2.75) is 44.6 Å². The lowest BCUT2D eigenvalue weighted by Gasteiger charge is -2.39. The van der Waals surface area contributed by atoms with Gasteiger partial charge in [-0.25, -0.2) is 9.97 Å². The van der Waals surface area contributed by atoms with Gasteiger partial charge in [-0.3, -0.25) is 0 Å². The van der Waals surface area contributed by atoms with Crippen LogP contribution in [0.2, 0.25) is 0 Å². The molecule has 3 aliphatic rings. The summed E-state index contributed by atoms with van der Waals surface area (Å²) in [5.74, 6) is 2.08. The standard InChI is InChI=1S/C15H22N4/c1-2-6-13-12(5-1)15(18-10-17-13)19-7-3-4-11-8-16-9-14(11)19/h10-11,14,16H,1-9H2. The molecule has 0 saturated carbocycles. The number of fused-ring (bicyclic) bond motifs is 2. The van der Waals surface area contributed by atoms with Crippen LogP contribution in [0.25, 0.3) is 0 Å². The first-order valence-corrected chi connectivity index (χ1v) is 7.73. The molecule has 1 aromatic heterocycles. The molecule has 4 nitrogen and oxygen atoms in total. The maximum absolute atomic E-state index is 4.66. The van der Waals surface area contributed by atoms with Crippen LogP contribution in [0.5, 0.6) is 0 Å². The number of rotatable bonds is 1. The summed E-state index contributed by atoms with van der Waals surface area (Å²) < 4.78 is 0. The Morgan fingerprint density at radius 3 is 3.05 bits per heavy atom. The smallest absolute Gasteiger partial charge is 0.135 e. The topological polar surface area (TPSA) is 41.1 Å². The van der Waals surface area contributed by atoms with E-state index in [9.17, 15) is 0 Å². The first kappa shape index (κ1) is 11.6. The summed E-state index contributed by atoms with van der Waals surface area (Å²) in [4.78, 5) is 11.8. The van der Waals surface area contributed by atoms with Crippen LogP contribution in [0.4, 0.5) is 5.82 Å². The molecule has 4 rings (SSSR count). The number of aryl methyl sites for hydroxylation is 1. The van der Waals surface area contributed by atoms with Gasteiger partial charge in [0.05, 0.1) is 0 Å². The van der Waals surface area contributed by atoms with Gasteiger partial charge in [0.2, 0.25) is 0 Å². The number of hydrogen-bond acceptors (Lipinski definition) is 4. The number of aromatic nitrogens is 2. The van der Waals surface area contributed by atoms with Gasteiger partial charge in [-0.2, -0.15) is 0 Å². The molecule has 19 heavy (non-hydrogen) atoms. The van der Waals surface area contributed by atoms with Crippen molar-refractivity contribution in [1.29, 1.82) is 0 Å². The van der Waals surface area contributed by atoms with Gasteiger partial charge in [0.25, 0.3) is 0 Å². The highest BCUT2D eigenvalue weighted by Crippen LogP contribution is 2.34. The number of piperidine rings is 1. The summed E-state index contributed by atoms with van der Waals surface area (Å²) in [5.41, 5.74) is 2.76. The summed E-state index contributed by atoms with van der Waals surface area (Å²) in [6.45, 7) is 3.49. The van der Waals surface area contributed by atoms with Gasteiger partial charge in [-0.1, -0.05) is 0 Å². The molecule has 2 atom stereocenters. The summed E-state index contributed by atoms with van der Waals surface area (Å²) >= 11 is 0. The molecule has 1 aliphatic carbocycles. The van der Waals surface area contributed by atoms with Crippen LogP contribution < -0.4 is 10.2 Å². The lowest BCUT2D eigenvalue weighted by molar-refractivity contribution is 0.382. The number of nitrogens with one attached hydrogen (secondary N) is 1. The fraction of sp³-hybridized carbons (Fsp3) is 0.733. The van der Waals surface area contributed by atoms with Crippen molar-refractivity contribution in [3.63, 3.8) is 0 Å². The number of anilines is 1. The molecule has 102 valence electrons. The molecular formula is C15H22N4. The Labute approximate surface area is 114 Å². The van der Waals surface area contributed by atoms with E-state index in [4.69, 9.17) is 0 Å². The minimum absolute atomic E-state index is 0.662. The van der Waals surface area contributed by atoms with Crippen LogP contribution in [0.3, 0.4) is 0 Å². The Hall–Kier alpha value is -1.16. The zero-order valence-corrected chi connectivity index (χ0v) is 11.4. The first-order valence-electron chi connectivity index (χ1n) is 7.73. The molecule has 1 aromatic rings. The van der Waals surface area contributed by atoms with Crippen molar-refractivity contribution < 1.29 is 0 Å². The molecule has 2 aliphatic heterocycles. The zero-order valence-electron chi connectivity index (χ0n) is 11.4. The minimum Gasteiger partial charge on any atom is -0.352 e. The first-order chi connectivity index (χ1) is 9.43. The minimum atomic E-state index is 0.662. The molecule has 2 unspecified atom stereocenters. The quantitative estimate of drug-likeness (QED) is 0.829. The molecule has 1 N–H and O–H groups in total. The van der Waals surface area contributed by atoms with Gasteiger partial charge in [0, 0.05) is 36.9 Å². The van der Waals surface area contributed by atoms with Crippen LogP contribution in [0.1, 0.15) is 36.9 Å². The van der Waals surface area contributed by atoms with E-state index in [1.165, 1.54) is 62.3 Å². The van der Waals surface area contributed by atoms with Crippen molar-refractivity contribution >= 4 is 5.82 Å². The molecule has 0 spiro atoms. The fourth-order valence-electron chi connectivity index (χ4n) is 4.08. The Bertz CT molecular complexity index is 473. The molecule has 3 heterocycles. The SMILES string of the molecule is c1nc2c(c(N3CCCC4CNCC43)n1)CCCC2. The van der Waals surface area contributed by atoms with E-state index < -0.39 is 0 Å². The van der Waals surface area contributed by atoms with Crippen molar-refractivity contribution in [2.24, 2.45) is 5.92 Å². The van der Waals surface area contributed by atoms with Crippen LogP contribution in [-0.2, 0) is 12.8 Å². The number of hydrogen-bond donors (Lipinski definition) is 1. The Kier molecular flexibility index (Phi) is 2.91. The third-order valence-electron chi connectivity index (χ3n) is 5.05. The Morgan fingerprint density at radius 1 is 1.11 bits per heavy atom. The molecule has 2 fully saturated rings. The van der Waals surface area contributed by atoms with E-state index in [0.29, 0.717) is 6.04 Å². The fourth-order valence-corrected chi connectivity index (χ4v) is 4.08. The third-order valence-corrected chi connectivity index (χ3v) is 5.05. The van der Waals surface area contributed by atoms with Gasteiger partial charge in [0.15, 0.2) is 0 Å². The van der Waals surface area contributed by atoms with E-state index in [-0.39, 0.29) is 0 Å². The average molecular weight is 258 g/mol. The highest BCUT2D eigenvalue weighted by Gasteiger charge is 2.36. The predicted octanol–water partition coefficient (Wildman–Crippen LogP) is 1.54. The highest BCUT2D eigenvalue weighted by molar-refractivity contribution is 5.51. The predicted molar refractivity (Wildman–Crippen MR) is 75.4 cm³/mol. The van der Waals surface area contributed by atoms with Crippen LogP contribution in [0.15, 0.2) is 6.33 Å². The lowest BCUT2D eigenvalue weighted by atomic mass is 9.90. The molecule has 0 amide bonds.